The number of primary amides is 1. The Labute approximate surface area is 214 Å². The highest BCUT2D eigenvalue weighted by atomic mass is 32.2. The highest BCUT2D eigenvalue weighted by Crippen LogP contribution is 2.10. The van der Waals surface area contributed by atoms with Crippen LogP contribution < -0.4 is 27.4 Å². The highest BCUT2D eigenvalue weighted by molar-refractivity contribution is 7.98. The molecule has 0 fully saturated rings. The first-order valence-electron chi connectivity index (χ1n) is 11.6. The molecule has 0 aliphatic carbocycles. The zero-order chi connectivity index (χ0) is 27.3. The lowest BCUT2D eigenvalue weighted by atomic mass is 9.98. The van der Waals surface area contributed by atoms with Crippen LogP contribution in [0.4, 0.5) is 0 Å². The number of hydrogen-bond acceptors (Lipinski definition) is 8. The maximum atomic E-state index is 13.1. The number of nitrogens with one attached hydrogen (secondary N) is 4. The summed E-state index contributed by atoms with van der Waals surface area (Å²) in [6.45, 7) is 3.49. The molecule has 4 amide bonds. The summed E-state index contributed by atoms with van der Waals surface area (Å²) < 4.78 is 0. The molecule has 0 aliphatic heterocycles. The maximum Gasteiger partial charge on any atom is 0.326 e. The van der Waals surface area contributed by atoms with E-state index in [1.165, 1.54) is 24.3 Å². The number of imidazole rings is 1. The molecule has 13 nitrogen and oxygen atoms in total. The summed E-state index contributed by atoms with van der Waals surface area (Å²) in [6, 6.07) is -4.41. The van der Waals surface area contributed by atoms with Crippen molar-refractivity contribution >= 4 is 41.4 Å². The van der Waals surface area contributed by atoms with E-state index in [4.69, 9.17) is 11.5 Å². The summed E-state index contributed by atoms with van der Waals surface area (Å²) in [6.07, 6.45) is 5.31. The molecular weight excluding hydrogens is 490 g/mol. The molecule has 5 atom stereocenters. The molecule has 0 saturated heterocycles. The van der Waals surface area contributed by atoms with Crippen LogP contribution in [0.25, 0.3) is 0 Å². The van der Waals surface area contributed by atoms with Gasteiger partial charge in [0.05, 0.1) is 12.4 Å². The minimum absolute atomic E-state index is 0.0197. The molecule has 0 bridgehead atoms. The van der Waals surface area contributed by atoms with Crippen molar-refractivity contribution in [3.8, 4) is 0 Å². The van der Waals surface area contributed by atoms with Crippen molar-refractivity contribution in [1.82, 2.24) is 25.9 Å². The summed E-state index contributed by atoms with van der Waals surface area (Å²) in [7, 11) is 0. The van der Waals surface area contributed by atoms with Crippen LogP contribution in [-0.4, -0.2) is 80.8 Å². The summed E-state index contributed by atoms with van der Waals surface area (Å²) in [5.41, 5.74) is 11.6. The minimum Gasteiger partial charge on any atom is -0.480 e. The van der Waals surface area contributed by atoms with Crippen molar-refractivity contribution < 1.29 is 29.1 Å². The van der Waals surface area contributed by atoms with Gasteiger partial charge in [0.1, 0.15) is 18.1 Å². The second-order valence-corrected chi connectivity index (χ2v) is 9.49. The van der Waals surface area contributed by atoms with Crippen LogP contribution in [-0.2, 0) is 30.4 Å². The molecule has 1 rings (SSSR count). The number of carboxylic acids is 1. The smallest absolute Gasteiger partial charge is 0.326 e. The maximum absolute atomic E-state index is 13.1. The van der Waals surface area contributed by atoms with E-state index in [0.717, 1.165) is 0 Å². The molecule has 0 radical (unpaired) electrons. The zero-order valence-electron chi connectivity index (χ0n) is 20.8. The number of carbonyl (C=O) groups excluding carboxylic acids is 4. The Morgan fingerprint density at radius 1 is 1.08 bits per heavy atom. The topological polar surface area (TPSA) is 222 Å². The third-order valence-corrected chi connectivity index (χ3v) is 6.31. The first-order chi connectivity index (χ1) is 17.0. The second-order valence-electron chi connectivity index (χ2n) is 8.51. The van der Waals surface area contributed by atoms with Crippen LogP contribution in [0.1, 0.15) is 45.2 Å². The monoisotopic (exact) mass is 527 g/mol. The number of nitrogens with zero attached hydrogens (tertiary/aromatic N) is 1. The van der Waals surface area contributed by atoms with Crippen LogP contribution in [0.15, 0.2) is 12.5 Å². The van der Waals surface area contributed by atoms with Gasteiger partial charge in [-0.2, -0.15) is 11.8 Å². The van der Waals surface area contributed by atoms with E-state index < -0.39 is 53.8 Å². The van der Waals surface area contributed by atoms with Crippen LogP contribution in [0.3, 0.4) is 0 Å². The van der Waals surface area contributed by atoms with E-state index in [2.05, 4.69) is 25.9 Å². The Morgan fingerprint density at radius 3 is 2.25 bits per heavy atom. The van der Waals surface area contributed by atoms with Crippen molar-refractivity contribution in [3.05, 3.63) is 18.2 Å². The van der Waals surface area contributed by atoms with Crippen molar-refractivity contribution in [2.45, 2.75) is 70.1 Å². The quantitative estimate of drug-likeness (QED) is 0.130. The molecule has 1 heterocycles. The van der Waals surface area contributed by atoms with E-state index in [9.17, 15) is 29.1 Å². The van der Waals surface area contributed by atoms with E-state index in [-0.39, 0.29) is 25.2 Å². The van der Waals surface area contributed by atoms with Gasteiger partial charge in [-0.25, -0.2) is 9.78 Å². The molecule has 0 aromatic carbocycles. The SMILES string of the molecule is CCC(C)C(NC(=O)C(Cc1cnc[nH]1)NC(=O)C(CCC(N)=O)NC(=O)C(N)CCSC)C(=O)O. The third kappa shape index (κ3) is 10.6. The van der Waals surface area contributed by atoms with Crippen LogP contribution in [0, 0.1) is 5.92 Å². The number of aromatic amines is 1. The second kappa shape index (κ2) is 15.8. The summed E-state index contributed by atoms with van der Waals surface area (Å²) >= 11 is 1.52. The standard InChI is InChI=1S/C22H37N7O6S/c1-4-12(2)18(22(34)35)29-21(33)16(9-13-10-25-11-26-13)28-20(32)15(5-6-17(24)30)27-19(31)14(23)7-8-36-3/h10-12,14-16,18H,4-9,23H2,1-3H3,(H2,24,30)(H,25,26)(H,27,31)(H,28,32)(H,29,33)(H,34,35). The molecule has 14 heteroatoms. The number of aliphatic carboxylic acids is 1. The van der Waals surface area contributed by atoms with Gasteiger partial charge in [0.15, 0.2) is 0 Å². The molecular formula is C22H37N7O6S. The highest BCUT2D eigenvalue weighted by Gasteiger charge is 2.32. The number of H-pyrrole nitrogens is 1. The van der Waals surface area contributed by atoms with E-state index in [1.807, 2.05) is 6.26 Å². The Morgan fingerprint density at radius 2 is 1.72 bits per heavy atom. The van der Waals surface area contributed by atoms with Gasteiger partial charge in [-0.05, 0) is 30.8 Å². The van der Waals surface area contributed by atoms with Gasteiger partial charge in [0.2, 0.25) is 23.6 Å². The zero-order valence-corrected chi connectivity index (χ0v) is 21.6. The van der Waals surface area contributed by atoms with Crippen molar-refractivity contribution in [2.75, 3.05) is 12.0 Å². The van der Waals surface area contributed by atoms with Crippen LogP contribution in [0.2, 0.25) is 0 Å². The lowest BCUT2D eigenvalue weighted by molar-refractivity contribution is -0.143. The normalized spacial score (nSPS) is 15.1. The first kappa shape index (κ1) is 30.9. The van der Waals surface area contributed by atoms with Gasteiger partial charge in [-0.1, -0.05) is 20.3 Å². The largest absolute Gasteiger partial charge is 0.480 e. The number of rotatable bonds is 17. The number of hydrogen-bond donors (Lipinski definition) is 7. The van der Waals surface area contributed by atoms with Crippen LogP contribution >= 0.6 is 11.8 Å². The lowest BCUT2D eigenvalue weighted by Crippen LogP contribution is -2.58. The fourth-order valence-corrected chi connectivity index (χ4v) is 3.73. The van der Waals surface area contributed by atoms with Gasteiger partial charge < -0.3 is 37.5 Å². The number of nitrogens with two attached hydrogens (primary N) is 2. The fraction of sp³-hybridized carbons (Fsp3) is 0.636. The number of amides is 4. The molecule has 36 heavy (non-hydrogen) atoms. The van der Waals surface area contributed by atoms with Crippen molar-refractivity contribution in [2.24, 2.45) is 17.4 Å². The van der Waals surface area contributed by atoms with Gasteiger partial charge in [0.25, 0.3) is 0 Å². The minimum atomic E-state index is -1.20. The van der Waals surface area contributed by atoms with Crippen molar-refractivity contribution in [1.29, 1.82) is 0 Å². The molecule has 0 aliphatic rings. The predicted octanol–water partition coefficient (Wildman–Crippen LogP) is -1.12. The number of thioether (sulfide) groups is 1. The Hall–Kier alpha value is -3.13. The molecule has 1 aromatic heterocycles. The molecule has 1 aromatic rings. The van der Waals surface area contributed by atoms with Gasteiger partial charge in [0, 0.05) is 24.7 Å². The molecule has 5 unspecified atom stereocenters. The lowest BCUT2D eigenvalue weighted by Gasteiger charge is -2.26. The Bertz CT molecular complexity index is 882. The summed E-state index contributed by atoms with van der Waals surface area (Å²) in [5.74, 6) is -3.63. The molecule has 9 N–H and O–H groups in total. The Balaban J connectivity index is 3.09. The predicted molar refractivity (Wildman–Crippen MR) is 135 cm³/mol. The average Bonchev–Trinajstić information content (AvgIpc) is 3.34. The average molecular weight is 528 g/mol. The summed E-state index contributed by atoms with van der Waals surface area (Å²) in [4.78, 5) is 68.5. The third-order valence-electron chi connectivity index (χ3n) is 5.67. The number of carbonyl (C=O) groups is 5. The van der Waals surface area contributed by atoms with Crippen molar-refractivity contribution in [3.63, 3.8) is 0 Å². The van der Waals surface area contributed by atoms with Gasteiger partial charge >= 0.3 is 5.97 Å². The summed E-state index contributed by atoms with van der Waals surface area (Å²) in [5, 5.41) is 17.1. The number of carboxylic acid groups (broad SMARTS) is 1. The van der Waals surface area contributed by atoms with Gasteiger partial charge in [-0.15, -0.1) is 0 Å². The van der Waals surface area contributed by atoms with Crippen LogP contribution in [0.5, 0.6) is 0 Å². The molecule has 0 spiro atoms. The molecule has 202 valence electrons. The van der Waals surface area contributed by atoms with Gasteiger partial charge in [-0.3, -0.25) is 19.2 Å². The Kier molecular flexibility index (Phi) is 13.5. The first-order valence-corrected chi connectivity index (χ1v) is 13.0. The fourth-order valence-electron chi connectivity index (χ4n) is 3.24. The van der Waals surface area contributed by atoms with E-state index in [1.54, 1.807) is 13.8 Å². The van der Waals surface area contributed by atoms with E-state index in [0.29, 0.717) is 24.3 Å². The molecule has 0 saturated carbocycles. The van der Waals surface area contributed by atoms with E-state index >= 15 is 0 Å². The number of aromatic nitrogens is 2.